The van der Waals surface area contributed by atoms with Crippen LogP contribution in [0.15, 0.2) is 48.5 Å². The summed E-state index contributed by atoms with van der Waals surface area (Å²) in [4.78, 5) is 23.5. The molecule has 4 N–H and O–H groups in total. The molecule has 2 rings (SSSR count). The van der Waals surface area contributed by atoms with Crippen LogP contribution in [0.25, 0.3) is 0 Å². The Balaban J connectivity index is 2.31. The molecule has 0 bridgehead atoms. The zero-order valence-corrected chi connectivity index (χ0v) is 14.8. The van der Waals surface area contributed by atoms with E-state index >= 15 is 0 Å². The predicted molar refractivity (Wildman–Crippen MR) is 99.3 cm³/mol. The Morgan fingerprint density at radius 2 is 1.65 bits per heavy atom. The minimum atomic E-state index is -0.903. The van der Waals surface area contributed by atoms with Gasteiger partial charge in [-0.2, -0.15) is 0 Å². The van der Waals surface area contributed by atoms with Gasteiger partial charge in [-0.3, -0.25) is 10.1 Å². The highest BCUT2D eigenvalue weighted by molar-refractivity contribution is 5.98. The monoisotopic (exact) mass is 357 g/mol. The average molecular weight is 357 g/mol. The van der Waals surface area contributed by atoms with Crippen LogP contribution in [0.5, 0.6) is 11.5 Å². The number of hydrogen-bond acceptors (Lipinski definition) is 5. The average Bonchev–Trinajstić information content (AvgIpc) is 2.62. The van der Waals surface area contributed by atoms with Gasteiger partial charge in [0.1, 0.15) is 6.04 Å². The van der Waals surface area contributed by atoms with Gasteiger partial charge in [0, 0.05) is 11.8 Å². The van der Waals surface area contributed by atoms with Crippen molar-refractivity contribution in [3.8, 4) is 11.5 Å². The van der Waals surface area contributed by atoms with E-state index in [1.54, 1.807) is 30.3 Å². The summed E-state index contributed by atoms with van der Waals surface area (Å²) in [5.41, 5.74) is 6.42. The van der Waals surface area contributed by atoms with Gasteiger partial charge < -0.3 is 20.5 Å². The summed E-state index contributed by atoms with van der Waals surface area (Å²) in [6.45, 7) is 4.76. The zero-order valence-electron chi connectivity index (χ0n) is 14.8. The Morgan fingerprint density at radius 3 is 2.27 bits per heavy atom. The summed E-state index contributed by atoms with van der Waals surface area (Å²) in [7, 11) is 0. The lowest BCUT2D eigenvalue weighted by molar-refractivity contribution is -0.120. The highest BCUT2D eigenvalue weighted by Gasteiger charge is 2.22. The van der Waals surface area contributed by atoms with Crippen molar-refractivity contribution in [2.45, 2.75) is 19.9 Å². The first kappa shape index (κ1) is 19.1. The summed E-state index contributed by atoms with van der Waals surface area (Å²) in [6.07, 6.45) is 0. The number of anilines is 1. The van der Waals surface area contributed by atoms with Crippen LogP contribution >= 0.6 is 0 Å². The van der Waals surface area contributed by atoms with Gasteiger partial charge in [0.25, 0.3) is 5.91 Å². The minimum absolute atomic E-state index is 0.480. The van der Waals surface area contributed by atoms with E-state index in [-0.39, 0.29) is 0 Å². The molecular weight excluding hydrogens is 334 g/mol. The lowest BCUT2D eigenvalue weighted by Gasteiger charge is -2.20. The van der Waals surface area contributed by atoms with Gasteiger partial charge in [-0.05, 0) is 31.5 Å². The van der Waals surface area contributed by atoms with Crippen molar-refractivity contribution in [2.75, 3.05) is 18.5 Å². The fourth-order valence-corrected chi connectivity index (χ4v) is 2.45. The normalized spacial score (nSPS) is 11.3. The molecule has 0 saturated heterocycles. The molecule has 0 aliphatic rings. The molecule has 0 aliphatic heterocycles. The van der Waals surface area contributed by atoms with Crippen molar-refractivity contribution in [2.24, 2.45) is 5.73 Å². The van der Waals surface area contributed by atoms with Gasteiger partial charge in [0.05, 0.1) is 13.2 Å². The van der Waals surface area contributed by atoms with E-state index in [1.807, 2.05) is 32.0 Å². The minimum Gasteiger partial charge on any atom is -0.490 e. The highest BCUT2D eigenvalue weighted by Crippen LogP contribution is 2.32. The van der Waals surface area contributed by atoms with E-state index in [0.29, 0.717) is 36.0 Å². The van der Waals surface area contributed by atoms with Gasteiger partial charge in [0.2, 0.25) is 0 Å². The number of imide groups is 1. The van der Waals surface area contributed by atoms with Gasteiger partial charge in [-0.15, -0.1) is 0 Å². The number of nitrogens with two attached hydrogens (primary N) is 1. The topological polar surface area (TPSA) is 103 Å². The third-order valence-corrected chi connectivity index (χ3v) is 3.50. The van der Waals surface area contributed by atoms with Crippen LogP contribution in [0.4, 0.5) is 10.5 Å². The van der Waals surface area contributed by atoms with Gasteiger partial charge >= 0.3 is 6.03 Å². The van der Waals surface area contributed by atoms with Gasteiger partial charge in [0.15, 0.2) is 11.5 Å². The van der Waals surface area contributed by atoms with Crippen LogP contribution in [-0.2, 0) is 4.79 Å². The molecule has 0 saturated carbocycles. The Bertz CT molecular complexity index is 750. The van der Waals surface area contributed by atoms with E-state index in [2.05, 4.69) is 10.6 Å². The van der Waals surface area contributed by atoms with Gasteiger partial charge in [-0.25, -0.2) is 4.79 Å². The van der Waals surface area contributed by atoms with Crippen molar-refractivity contribution in [3.05, 3.63) is 54.1 Å². The lowest BCUT2D eigenvalue weighted by atomic mass is 10.1. The third kappa shape index (κ3) is 5.14. The van der Waals surface area contributed by atoms with Crippen molar-refractivity contribution < 1.29 is 19.1 Å². The predicted octanol–water partition coefficient (Wildman–Crippen LogP) is 2.83. The second-order valence-electron chi connectivity index (χ2n) is 5.37. The van der Waals surface area contributed by atoms with Gasteiger partial charge in [-0.1, -0.05) is 30.3 Å². The quantitative estimate of drug-likeness (QED) is 0.674. The smallest absolute Gasteiger partial charge is 0.318 e. The molecule has 7 nitrogen and oxygen atoms in total. The largest absolute Gasteiger partial charge is 0.490 e. The number of hydrogen-bond donors (Lipinski definition) is 3. The molecule has 0 aromatic heterocycles. The fourth-order valence-electron chi connectivity index (χ4n) is 2.45. The zero-order chi connectivity index (χ0) is 18.9. The molecule has 138 valence electrons. The molecule has 2 aromatic carbocycles. The molecule has 0 aliphatic carbocycles. The molecule has 0 unspecified atom stereocenters. The second kappa shape index (κ2) is 9.31. The first-order chi connectivity index (χ1) is 12.5. The number of benzene rings is 2. The van der Waals surface area contributed by atoms with Crippen LogP contribution in [0.2, 0.25) is 0 Å². The molecule has 2 aromatic rings. The number of ether oxygens (including phenoxy) is 2. The van der Waals surface area contributed by atoms with Crippen LogP contribution in [0, 0.1) is 0 Å². The highest BCUT2D eigenvalue weighted by atomic mass is 16.5. The van der Waals surface area contributed by atoms with Crippen LogP contribution in [-0.4, -0.2) is 25.2 Å². The number of primary amides is 1. The van der Waals surface area contributed by atoms with E-state index < -0.39 is 18.0 Å². The number of carbonyl (C=O) groups is 2. The van der Waals surface area contributed by atoms with Crippen LogP contribution < -0.4 is 25.8 Å². The Kier molecular flexibility index (Phi) is 6.84. The van der Waals surface area contributed by atoms with Crippen molar-refractivity contribution in [1.29, 1.82) is 0 Å². The number of amides is 3. The first-order valence-corrected chi connectivity index (χ1v) is 8.36. The Hall–Kier alpha value is -3.22. The molecule has 1 atom stereocenters. The maximum atomic E-state index is 12.4. The molecule has 3 amide bonds. The molecular formula is C19H23N3O4. The van der Waals surface area contributed by atoms with Crippen molar-refractivity contribution >= 4 is 17.6 Å². The Labute approximate surface area is 152 Å². The number of carbonyl (C=O) groups excluding carboxylic acids is 2. The SMILES string of the molecule is CCOc1ccc(N[C@H](C(=O)NC(N)=O)c2ccccc2)cc1OCC. The molecule has 0 fully saturated rings. The standard InChI is InChI=1S/C19H23N3O4/c1-3-25-15-11-10-14(12-16(15)26-4-2)21-17(18(23)22-19(20)24)13-8-6-5-7-9-13/h5-12,17,21H,3-4H2,1-2H3,(H3,20,22,23,24)/t17-/m0/s1. The molecule has 0 heterocycles. The molecule has 0 spiro atoms. The maximum Gasteiger partial charge on any atom is 0.318 e. The van der Waals surface area contributed by atoms with E-state index in [1.165, 1.54) is 0 Å². The summed E-state index contributed by atoms with van der Waals surface area (Å²) in [6, 6.07) is 12.6. The lowest BCUT2D eigenvalue weighted by Crippen LogP contribution is -2.40. The fraction of sp³-hybridized carbons (Fsp3) is 0.263. The Morgan fingerprint density at radius 1 is 1.00 bits per heavy atom. The summed E-state index contributed by atoms with van der Waals surface area (Å²) >= 11 is 0. The molecule has 7 heteroatoms. The number of rotatable bonds is 8. The van der Waals surface area contributed by atoms with E-state index in [4.69, 9.17) is 15.2 Å². The second-order valence-corrected chi connectivity index (χ2v) is 5.37. The van der Waals surface area contributed by atoms with E-state index in [9.17, 15) is 9.59 Å². The van der Waals surface area contributed by atoms with Crippen molar-refractivity contribution in [1.82, 2.24) is 5.32 Å². The first-order valence-electron chi connectivity index (χ1n) is 8.36. The summed E-state index contributed by atoms with van der Waals surface area (Å²) in [5, 5.41) is 5.23. The van der Waals surface area contributed by atoms with Crippen LogP contribution in [0.1, 0.15) is 25.5 Å². The third-order valence-electron chi connectivity index (χ3n) is 3.50. The molecule has 26 heavy (non-hydrogen) atoms. The molecule has 0 radical (unpaired) electrons. The number of nitrogens with one attached hydrogen (secondary N) is 2. The summed E-state index contributed by atoms with van der Waals surface area (Å²) < 4.78 is 11.1. The van der Waals surface area contributed by atoms with Crippen LogP contribution in [0.3, 0.4) is 0 Å². The maximum absolute atomic E-state index is 12.4. The van der Waals surface area contributed by atoms with E-state index in [0.717, 1.165) is 0 Å². The number of urea groups is 1. The van der Waals surface area contributed by atoms with Crippen molar-refractivity contribution in [3.63, 3.8) is 0 Å². The summed E-state index contributed by atoms with van der Waals surface area (Å²) in [5.74, 6) is 0.648.